The smallest absolute Gasteiger partial charge is 0.338 e. The number of allylic oxidation sites excluding steroid dienone is 1. The Bertz CT molecular complexity index is 1070. The van der Waals surface area contributed by atoms with Crippen LogP contribution in [0, 0.1) is 13.8 Å². The van der Waals surface area contributed by atoms with Crippen LogP contribution in [0.25, 0.3) is 0 Å². The Morgan fingerprint density at radius 1 is 1.27 bits per heavy atom. The molecule has 3 aliphatic rings. The normalized spacial score (nSPS) is 20.3. The minimum absolute atomic E-state index is 0.0492. The number of esters is 1. The second-order valence-electron chi connectivity index (χ2n) is 8.31. The van der Waals surface area contributed by atoms with Crippen LogP contribution in [-0.2, 0) is 19.1 Å². The first-order valence-electron chi connectivity index (χ1n) is 11.1. The summed E-state index contributed by atoms with van der Waals surface area (Å²) in [6.07, 6.45) is 1.79. The number of fused-ring (bicyclic) bond motifs is 1. The van der Waals surface area contributed by atoms with Crippen molar-refractivity contribution >= 4 is 28.8 Å². The molecule has 1 saturated heterocycles. The number of carbonyl (C=O) groups is 2. The number of aryl methyl sites for hydroxylation is 2. The highest BCUT2D eigenvalue weighted by molar-refractivity contribution is 8.16. The number of thioether (sulfide) groups is 1. The molecular formula is C25H29N3O4S. The molecule has 1 amide bonds. The van der Waals surface area contributed by atoms with Gasteiger partial charge in [0, 0.05) is 18.8 Å². The summed E-state index contributed by atoms with van der Waals surface area (Å²) < 4.78 is 10.8. The molecule has 0 unspecified atom stereocenters. The standard InChI is InChI=1S/C25H29N3O4S/c1-5-10-32-24(30)22-18(4)26-25-28(23(22)20-13-16(2)6-7-17(20)3)19(15-33-25)14-21(29)27-8-11-31-12-9-27/h5-7,13,15,23H,1,8-12,14H2,2-4H3/t23-/m1/s1. The van der Waals surface area contributed by atoms with Gasteiger partial charge in [0.05, 0.1) is 36.9 Å². The molecule has 33 heavy (non-hydrogen) atoms. The van der Waals surface area contributed by atoms with E-state index in [-0.39, 0.29) is 18.9 Å². The quantitative estimate of drug-likeness (QED) is 0.467. The van der Waals surface area contributed by atoms with Crippen LogP contribution >= 0.6 is 11.8 Å². The van der Waals surface area contributed by atoms with E-state index in [9.17, 15) is 9.59 Å². The van der Waals surface area contributed by atoms with E-state index in [0.717, 1.165) is 27.6 Å². The average Bonchev–Trinajstić information content (AvgIpc) is 3.20. The van der Waals surface area contributed by atoms with Gasteiger partial charge in [-0.25, -0.2) is 9.79 Å². The summed E-state index contributed by atoms with van der Waals surface area (Å²) in [5.41, 5.74) is 5.11. The van der Waals surface area contributed by atoms with Crippen molar-refractivity contribution in [3.8, 4) is 0 Å². The minimum atomic E-state index is -0.423. The van der Waals surface area contributed by atoms with Crippen molar-refractivity contribution in [2.75, 3.05) is 32.9 Å². The van der Waals surface area contributed by atoms with Crippen LogP contribution in [0.3, 0.4) is 0 Å². The predicted molar refractivity (Wildman–Crippen MR) is 129 cm³/mol. The number of carbonyl (C=O) groups excluding carboxylic acids is 2. The van der Waals surface area contributed by atoms with E-state index in [1.165, 1.54) is 11.8 Å². The molecule has 1 aromatic carbocycles. The lowest BCUT2D eigenvalue weighted by Gasteiger charge is -2.37. The molecule has 0 aromatic heterocycles. The number of amidine groups is 1. The van der Waals surface area contributed by atoms with Gasteiger partial charge >= 0.3 is 5.97 Å². The third-order valence-electron chi connectivity index (χ3n) is 5.98. The Hall–Kier alpha value is -2.84. The zero-order valence-electron chi connectivity index (χ0n) is 19.3. The topological polar surface area (TPSA) is 71.4 Å². The fourth-order valence-corrected chi connectivity index (χ4v) is 5.24. The lowest BCUT2D eigenvalue weighted by Crippen LogP contribution is -2.42. The lowest BCUT2D eigenvalue weighted by atomic mass is 9.90. The first-order valence-corrected chi connectivity index (χ1v) is 11.9. The van der Waals surface area contributed by atoms with Crippen molar-refractivity contribution in [1.29, 1.82) is 0 Å². The van der Waals surface area contributed by atoms with E-state index in [0.29, 0.717) is 37.6 Å². The number of hydrogen-bond acceptors (Lipinski definition) is 7. The van der Waals surface area contributed by atoms with Crippen molar-refractivity contribution < 1.29 is 19.1 Å². The minimum Gasteiger partial charge on any atom is -0.458 e. The Balaban J connectivity index is 1.73. The fourth-order valence-electron chi connectivity index (χ4n) is 4.27. The van der Waals surface area contributed by atoms with Gasteiger partial charge in [-0.05, 0) is 37.3 Å². The van der Waals surface area contributed by atoms with E-state index < -0.39 is 12.0 Å². The Morgan fingerprint density at radius 2 is 2.03 bits per heavy atom. The molecular weight excluding hydrogens is 438 g/mol. The van der Waals surface area contributed by atoms with E-state index >= 15 is 0 Å². The number of nitrogens with zero attached hydrogens (tertiary/aromatic N) is 3. The highest BCUT2D eigenvalue weighted by Crippen LogP contribution is 2.45. The third kappa shape index (κ3) is 4.77. The largest absolute Gasteiger partial charge is 0.458 e. The van der Waals surface area contributed by atoms with Crippen LogP contribution in [-0.4, -0.2) is 59.8 Å². The summed E-state index contributed by atoms with van der Waals surface area (Å²) in [4.78, 5) is 34.8. The number of aliphatic imine (C=N–C) groups is 1. The van der Waals surface area contributed by atoms with Gasteiger partial charge in [0.25, 0.3) is 0 Å². The van der Waals surface area contributed by atoms with Crippen molar-refractivity contribution in [3.05, 3.63) is 69.9 Å². The summed E-state index contributed by atoms with van der Waals surface area (Å²) >= 11 is 1.48. The first-order chi connectivity index (χ1) is 15.9. The molecule has 0 saturated carbocycles. The zero-order valence-corrected chi connectivity index (χ0v) is 20.1. The second-order valence-corrected chi connectivity index (χ2v) is 9.15. The monoisotopic (exact) mass is 467 g/mol. The van der Waals surface area contributed by atoms with Crippen LogP contribution in [0.4, 0.5) is 0 Å². The van der Waals surface area contributed by atoms with Crippen LogP contribution in [0.5, 0.6) is 0 Å². The highest BCUT2D eigenvalue weighted by Gasteiger charge is 2.42. The molecule has 0 spiro atoms. The zero-order chi connectivity index (χ0) is 23.5. The maximum Gasteiger partial charge on any atom is 0.338 e. The number of morpholine rings is 1. The van der Waals surface area contributed by atoms with Gasteiger partial charge in [0.15, 0.2) is 5.17 Å². The highest BCUT2D eigenvalue weighted by atomic mass is 32.2. The molecule has 4 rings (SSSR count). The molecule has 8 heteroatoms. The van der Waals surface area contributed by atoms with Crippen LogP contribution in [0.15, 0.2) is 58.2 Å². The molecule has 0 radical (unpaired) electrons. The van der Waals surface area contributed by atoms with Gasteiger partial charge in [-0.2, -0.15) is 0 Å². The van der Waals surface area contributed by atoms with Crippen molar-refractivity contribution in [1.82, 2.24) is 9.80 Å². The maximum absolute atomic E-state index is 13.2. The lowest BCUT2D eigenvalue weighted by molar-refractivity contribution is -0.138. The summed E-state index contributed by atoms with van der Waals surface area (Å²) in [5.74, 6) is -0.370. The molecule has 7 nitrogen and oxygen atoms in total. The summed E-state index contributed by atoms with van der Waals surface area (Å²) in [6.45, 7) is 12.0. The average molecular weight is 468 g/mol. The van der Waals surface area contributed by atoms with E-state index in [2.05, 4.69) is 24.8 Å². The van der Waals surface area contributed by atoms with Crippen molar-refractivity contribution in [3.63, 3.8) is 0 Å². The Labute approximate surface area is 198 Å². The molecule has 0 N–H and O–H groups in total. The van der Waals surface area contributed by atoms with Crippen LogP contribution in [0.2, 0.25) is 0 Å². The first kappa shape index (κ1) is 23.3. The van der Waals surface area contributed by atoms with E-state index in [1.807, 2.05) is 36.0 Å². The molecule has 0 bridgehead atoms. The van der Waals surface area contributed by atoms with Gasteiger partial charge in [0.2, 0.25) is 5.91 Å². The van der Waals surface area contributed by atoms with Crippen LogP contribution in [0.1, 0.15) is 36.1 Å². The van der Waals surface area contributed by atoms with E-state index in [1.54, 1.807) is 6.08 Å². The van der Waals surface area contributed by atoms with Gasteiger partial charge in [-0.1, -0.05) is 48.2 Å². The number of ether oxygens (including phenoxy) is 2. The maximum atomic E-state index is 13.2. The number of hydrogen-bond donors (Lipinski definition) is 0. The predicted octanol–water partition coefficient (Wildman–Crippen LogP) is 3.86. The summed E-state index contributed by atoms with van der Waals surface area (Å²) in [5, 5.41) is 2.74. The van der Waals surface area contributed by atoms with Crippen molar-refractivity contribution in [2.45, 2.75) is 33.2 Å². The van der Waals surface area contributed by atoms with Gasteiger partial charge < -0.3 is 19.3 Å². The number of benzene rings is 1. The molecule has 3 aliphatic heterocycles. The Morgan fingerprint density at radius 3 is 2.76 bits per heavy atom. The third-order valence-corrected chi connectivity index (χ3v) is 6.87. The Kier molecular flexibility index (Phi) is 7.05. The van der Waals surface area contributed by atoms with Gasteiger partial charge in [0.1, 0.15) is 6.61 Å². The SMILES string of the molecule is C=CCOC(=O)C1=C(C)N=C2SC=C(CC(=O)N3CCOCC3)N2[C@@H]1c1cc(C)ccc1C. The van der Waals surface area contributed by atoms with Gasteiger partial charge in [-0.3, -0.25) is 4.79 Å². The summed E-state index contributed by atoms with van der Waals surface area (Å²) in [7, 11) is 0. The number of amides is 1. The fraction of sp³-hybridized carbons (Fsp3) is 0.400. The molecule has 1 fully saturated rings. The molecule has 1 atom stereocenters. The van der Waals surface area contributed by atoms with Gasteiger partial charge in [-0.15, -0.1) is 0 Å². The second kappa shape index (κ2) is 9.97. The molecule has 1 aromatic rings. The van der Waals surface area contributed by atoms with Crippen molar-refractivity contribution in [2.24, 2.45) is 4.99 Å². The number of rotatable bonds is 6. The van der Waals surface area contributed by atoms with E-state index in [4.69, 9.17) is 14.5 Å². The van der Waals surface area contributed by atoms with Crippen LogP contribution < -0.4 is 0 Å². The summed E-state index contributed by atoms with van der Waals surface area (Å²) in [6, 6.07) is 5.79. The molecule has 174 valence electrons. The molecule has 3 heterocycles. The molecule has 0 aliphatic carbocycles.